The van der Waals surface area contributed by atoms with Gasteiger partial charge in [-0.15, -0.1) is 0 Å². The van der Waals surface area contributed by atoms with Gasteiger partial charge in [0.05, 0.1) is 5.69 Å². The van der Waals surface area contributed by atoms with E-state index >= 15 is 0 Å². The molecule has 0 amide bonds. The zero-order valence-electron chi connectivity index (χ0n) is 10.4. The molecule has 0 atom stereocenters. The molecular weight excluding hydrogens is 212 g/mol. The van der Waals surface area contributed by atoms with Gasteiger partial charge in [0.15, 0.2) is 6.29 Å². The fourth-order valence-electron chi connectivity index (χ4n) is 2.22. The van der Waals surface area contributed by atoms with Gasteiger partial charge in [0.25, 0.3) is 0 Å². The fraction of sp³-hybridized carbons (Fsp3) is 0.286. The predicted molar refractivity (Wildman–Crippen MR) is 68.2 cm³/mol. The maximum absolute atomic E-state index is 11.1. The van der Waals surface area contributed by atoms with Crippen LogP contribution in [0.4, 0.5) is 0 Å². The molecule has 0 fully saturated rings. The molecule has 2 aromatic rings. The number of aryl methyl sites for hydroxylation is 2. The number of hydrogen-bond donors (Lipinski definition) is 0. The Labute approximate surface area is 101 Å². The van der Waals surface area contributed by atoms with Crippen LogP contribution in [0.25, 0.3) is 11.1 Å². The number of carbonyl (C=O) groups is 1. The Morgan fingerprint density at radius 1 is 1.29 bits per heavy atom. The van der Waals surface area contributed by atoms with Crippen molar-refractivity contribution in [2.45, 2.75) is 27.3 Å². The molecule has 0 bridgehead atoms. The smallest absolute Gasteiger partial charge is 0.150 e. The van der Waals surface area contributed by atoms with Crippen LogP contribution in [-0.4, -0.2) is 16.1 Å². The highest BCUT2D eigenvalue weighted by molar-refractivity contribution is 5.88. The molecule has 0 unspecified atom stereocenters. The standard InChI is InChI=1S/C14H16N2O/c1-4-16-11(3)14(10(2)15-16)13-8-6-5-7-12(13)9-17/h5-9H,4H2,1-3H3. The van der Waals surface area contributed by atoms with Gasteiger partial charge in [-0.25, -0.2) is 0 Å². The van der Waals surface area contributed by atoms with Gasteiger partial charge in [-0.05, 0) is 26.3 Å². The van der Waals surface area contributed by atoms with Gasteiger partial charge in [0.1, 0.15) is 0 Å². The number of rotatable bonds is 3. The van der Waals surface area contributed by atoms with Gasteiger partial charge in [-0.2, -0.15) is 5.10 Å². The first kappa shape index (κ1) is 11.6. The molecule has 0 N–H and O–H groups in total. The maximum Gasteiger partial charge on any atom is 0.150 e. The lowest BCUT2D eigenvalue weighted by Gasteiger charge is -2.05. The summed E-state index contributed by atoms with van der Waals surface area (Å²) in [6.45, 7) is 6.93. The number of hydrogen-bond acceptors (Lipinski definition) is 2. The number of benzene rings is 1. The highest BCUT2D eigenvalue weighted by atomic mass is 16.1. The Morgan fingerprint density at radius 3 is 2.59 bits per heavy atom. The highest BCUT2D eigenvalue weighted by Crippen LogP contribution is 2.29. The summed E-state index contributed by atoms with van der Waals surface area (Å²) in [6, 6.07) is 7.64. The van der Waals surface area contributed by atoms with Crippen LogP contribution in [0, 0.1) is 13.8 Å². The van der Waals surface area contributed by atoms with Crippen molar-refractivity contribution in [3.63, 3.8) is 0 Å². The predicted octanol–water partition coefficient (Wildman–Crippen LogP) is 3.00. The van der Waals surface area contributed by atoms with Crippen LogP contribution >= 0.6 is 0 Å². The van der Waals surface area contributed by atoms with Gasteiger partial charge in [0, 0.05) is 23.4 Å². The van der Waals surface area contributed by atoms with E-state index in [1.807, 2.05) is 42.8 Å². The SMILES string of the molecule is CCn1nc(C)c(-c2ccccc2C=O)c1C. The summed E-state index contributed by atoms with van der Waals surface area (Å²) in [4.78, 5) is 11.1. The minimum atomic E-state index is 0.717. The molecule has 1 heterocycles. The lowest BCUT2D eigenvalue weighted by Crippen LogP contribution is -1.98. The van der Waals surface area contributed by atoms with Crippen LogP contribution in [0.15, 0.2) is 24.3 Å². The summed E-state index contributed by atoms with van der Waals surface area (Å²) in [6.07, 6.45) is 0.900. The van der Waals surface area contributed by atoms with Crippen molar-refractivity contribution >= 4 is 6.29 Å². The van der Waals surface area contributed by atoms with E-state index in [1.165, 1.54) is 0 Å². The zero-order valence-corrected chi connectivity index (χ0v) is 10.4. The lowest BCUT2D eigenvalue weighted by atomic mass is 9.99. The van der Waals surface area contributed by atoms with Crippen molar-refractivity contribution in [3.05, 3.63) is 41.2 Å². The Bertz CT molecular complexity index is 555. The van der Waals surface area contributed by atoms with E-state index in [0.29, 0.717) is 5.56 Å². The Hall–Kier alpha value is -1.90. The quantitative estimate of drug-likeness (QED) is 0.757. The number of aromatic nitrogens is 2. The third kappa shape index (κ3) is 1.88. The molecule has 0 saturated heterocycles. The molecule has 0 aliphatic rings. The monoisotopic (exact) mass is 228 g/mol. The number of nitrogens with zero attached hydrogens (tertiary/aromatic N) is 2. The summed E-state index contributed by atoms with van der Waals surface area (Å²) >= 11 is 0. The van der Waals surface area contributed by atoms with Gasteiger partial charge in [-0.1, -0.05) is 24.3 Å². The zero-order chi connectivity index (χ0) is 12.4. The summed E-state index contributed by atoms with van der Waals surface area (Å²) < 4.78 is 1.96. The summed E-state index contributed by atoms with van der Waals surface area (Å²) in [5.41, 5.74) is 4.85. The average molecular weight is 228 g/mol. The largest absolute Gasteiger partial charge is 0.298 e. The Kier molecular flexibility index (Phi) is 3.09. The molecule has 1 aromatic heterocycles. The molecule has 0 saturated carbocycles. The van der Waals surface area contributed by atoms with Crippen molar-refractivity contribution in [1.82, 2.24) is 9.78 Å². The van der Waals surface area contributed by atoms with Crippen molar-refractivity contribution in [2.24, 2.45) is 0 Å². The van der Waals surface area contributed by atoms with Crippen LogP contribution in [0.5, 0.6) is 0 Å². The molecular formula is C14H16N2O. The summed E-state index contributed by atoms with van der Waals surface area (Å²) in [7, 11) is 0. The van der Waals surface area contributed by atoms with E-state index in [2.05, 4.69) is 12.0 Å². The normalized spacial score (nSPS) is 10.5. The molecule has 1 aromatic carbocycles. The van der Waals surface area contributed by atoms with Gasteiger partial charge >= 0.3 is 0 Å². The van der Waals surface area contributed by atoms with Crippen molar-refractivity contribution in [1.29, 1.82) is 0 Å². The second-order valence-electron chi connectivity index (χ2n) is 4.07. The molecule has 0 aliphatic carbocycles. The van der Waals surface area contributed by atoms with Gasteiger partial charge in [0.2, 0.25) is 0 Å². The number of aldehydes is 1. The second-order valence-corrected chi connectivity index (χ2v) is 4.07. The maximum atomic E-state index is 11.1. The topological polar surface area (TPSA) is 34.9 Å². The first-order chi connectivity index (χ1) is 8.19. The molecule has 0 radical (unpaired) electrons. The van der Waals surface area contributed by atoms with Crippen molar-refractivity contribution in [3.8, 4) is 11.1 Å². The fourth-order valence-corrected chi connectivity index (χ4v) is 2.22. The average Bonchev–Trinajstić information content (AvgIpc) is 2.64. The van der Waals surface area contributed by atoms with Crippen LogP contribution < -0.4 is 0 Å². The first-order valence-electron chi connectivity index (χ1n) is 5.77. The van der Waals surface area contributed by atoms with Crippen LogP contribution in [0.2, 0.25) is 0 Å². The van der Waals surface area contributed by atoms with E-state index in [0.717, 1.165) is 35.3 Å². The molecule has 0 spiro atoms. The third-order valence-corrected chi connectivity index (χ3v) is 3.04. The first-order valence-corrected chi connectivity index (χ1v) is 5.77. The van der Waals surface area contributed by atoms with E-state index in [1.54, 1.807) is 0 Å². The summed E-state index contributed by atoms with van der Waals surface area (Å²) in [5.74, 6) is 0. The minimum Gasteiger partial charge on any atom is -0.298 e. The molecule has 3 heteroatoms. The lowest BCUT2D eigenvalue weighted by molar-refractivity contribution is 0.112. The van der Waals surface area contributed by atoms with Gasteiger partial charge in [-0.3, -0.25) is 9.48 Å². The molecule has 17 heavy (non-hydrogen) atoms. The Balaban J connectivity index is 2.68. The van der Waals surface area contributed by atoms with Crippen LogP contribution in [0.1, 0.15) is 28.7 Å². The van der Waals surface area contributed by atoms with E-state index < -0.39 is 0 Å². The summed E-state index contributed by atoms with van der Waals surface area (Å²) in [5, 5.41) is 4.48. The molecule has 0 aliphatic heterocycles. The second kappa shape index (κ2) is 4.53. The van der Waals surface area contributed by atoms with E-state index in [4.69, 9.17) is 0 Å². The van der Waals surface area contributed by atoms with Crippen LogP contribution in [0.3, 0.4) is 0 Å². The van der Waals surface area contributed by atoms with Gasteiger partial charge < -0.3 is 0 Å². The molecule has 88 valence electrons. The van der Waals surface area contributed by atoms with E-state index in [9.17, 15) is 4.79 Å². The molecule has 2 rings (SSSR count). The van der Waals surface area contributed by atoms with Crippen LogP contribution in [-0.2, 0) is 6.54 Å². The van der Waals surface area contributed by atoms with Crippen molar-refractivity contribution in [2.75, 3.05) is 0 Å². The Morgan fingerprint density at radius 2 is 2.00 bits per heavy atom. The van der Waals surface area contributed by atoms with E-state index in [-0.39, 0.29) is 0 Å². The highest BCUT2D eigenvalue weighted by Gasteiger charge is 2.14. The minimum absolute atomic E-state index is 0.717. The number of carbonyl (C=O) groups excluding carboxylic acids is 1. The van der Waals surface area contributed by atoms with Crippen molar-refractivity contribution < 1.29 is 4.79 Å². The third-order valence-electron chi connectivity index (χ3n) is 3.04. The molecule has 3 nitrogen and oxygen atoms in total.